The third kappa shape index (κ3) is 5.22. The van der Waals surface area contributed by atoms with Crippen LogP contribution in [0.15, 0.2) is 30.5 Å². The molecule has 1 aliphatic rings. The fourth-order valence-electron chi connectivity index (χ4n) is 3.88. The number of anilines is 2. The number of aryl methyl sites for hydroxylation is 1. The van der Waals surface area contributed by atoms with Crippen LogP contribution < -0.4 is 15.5 Å². The lowest BCUT2D eigenvalue weighted by atomic mass is 9.82. The number of hydrogen-bond acceptors (Lipinski definition) is 5. The largest absolute Gasteiger partial charge is 0.362 e. The van der Waals surface area contributed by atoms with E-state index in [1.54, 1.807) is 0 Å². The van der Waals surface area contributed by atoms with E-state index in [4.69, 9.17) is 11.6 Å². The smallest absolute Gasteiger partial charge is 0.230 e. The highest BCUT2D eigenvalue weighted by atomic mass is 35.5. The number of halogens is 1. The SMILES string of the molecule is Cc1cnc(NC2CCC(NC(=O)C(C)(C)c3ccc(Cl)cc3)CC2)nc1N(C)C. The number of carbonyl (C=O) groups excluding carboxylic acids is 1. The number of hydrogen-bond donors (Lipinski definition) is 2. The van der Waals surface area contributed by atoms with Gasteiger partial charge in [-0.3, -0.25) is 4.79 Å². The minimum absolute atomic E-state index is 0.0544. The highest BCUT2D eigenvalue weighted by molar-refractivity contribution is 6.30. The number of aromatic nitrogens is 2. The van der Waals surface area contributed by atoms with E-state index in [1.165, 1.54) is 0 Å². The molecule has 1 amide bonds. The van der Waals surface area contributed by atoms with Gasteiger partial charge in [0, 0.05) is 43.0 Å². The van der Waals surface area contributed by atoms with Crippen molar-refractivity contribution in [3.63, 3.8) is 0 Å². The molecule has 1 heterocycles. The maximum absolute atomic E-state index is 12.9. The number of carbonyl (C=O) groups is 1. The van der Waals surface area contributed by atoms with Crippen LogP contribution in [0.2, 0.25) is 5.02 Å². The summed E-state index contributed by atoms with van der Waals surface area (Å²) < 4.78 is 0. The molecule has 0 aliphatic heterocycles. The Bertz CT molecular complexity index is 874. The van der Waals surface area contributed by atoms with Gasteiger partial charge in [0.2, 0.25) is 11.9 Å². The predicted molar refractivity (Wildman–Crippen MR) is 123 cm³/mol. The van der Waals surface area contributed by atoms with Crippen LogP contribution in [-0.2, 0) is 10.2 Å². The van der Waals surface area contributed by atoms with Crippen LogP contribution in [0.25, 0.3) is 0 Å². The number of nitrogens with one attached hydrogen (secondary N) is 2. The minimum Gasteiger partial charge on any atom is -0.362 e. The summed E-state index contributed by atoms with van der Waals surface area (Å²) in [6.45, 7) is 5.92. The van der Waals surface area contributed by atoms with E-state index in [-0.39, 0.29) is 11.9 Å². The highest BCUT2D eigenvalue weighted by Gasteiger charge is 2.32. The first-order valence-electron chi connectivity index (χ1n) is 10.5. The lowest BCUT2D eigenvalue weighted by molar-refractivity contribution is -0.126. The first kappa shape index (κ1) is 22.3. The van der Waals surface area contributed by atoms with E-state index < -0.39 is 5.41 Å². The molecule has 1 aromatic heterocycles. The van der Waals surface area contributed by atoms with Crippen molar-refractivity contribution in [2.24, 2.45) is 0 Å². The van der Waals surface area contributed by atoms with Crippen molar-refractivity contribution < 1.29 is 4.79 Å². The van der Waals surface area contributed by atoms with E-state index in [1.807, 2.05) is 70.2 Å². The topological polar surface area (TPSA) is 70.1 Å². The van der Waals surface area contributed by atoms with Crippen molar-refractivity contribution in [3.8, 4) is 0 Å². The van der Waals surface area contributed by atoms with Crippen molar-refractivity contribution in [2.75, 3.05) is 24.3 Å². The van der Waals surface area contributed by atoms with Gasteiger partial charge in [-0.2, -0.15) is 4.98 Å². The summed E-state index contributed by atoms with van der Waals surface area (Å²) in [5, 5.41) is 7.39. The Morgan fingerprint density at radius 2 is 1.70 bits per heavy atom. The van der Waals surface area contributed by atoms with Crippen molar-refractivity contribution in [2.45, 2.75) is 64.0 Å². The molecule has 0 saturated heterocycles. The zero-order valence-electron chi connectivity index (χ0n) is 18.5. The maximum Gasteiger partial charge on any atom is 0.230 e. The number of amides is 1. The van der Waals surface area contributed by atoms with Gasteiger partial charge >= 0.3 is 0 Å². The van der Waals surface area contributed by atoms with Gasteiger partial charge in [0.15, 0.2) is 0 Å². The normalized spacial score (nSPS) is 19.3. The van der Waals surface area contributed by atoms with Gasteiger partial charge in [-0.15, -0.1) is 0 Å². The average Bonchev–Trinajstić information content (AvgIpc) is 2.71. The van der Waals surface area contributed by atoms with Crippen LogP contribution in [0.3, 0.4) is 0 Å². The molecule has 2 N–H and O–H groups in total. The fourth-order valence-corrected chi connectivity index (χ4v) is 4.01. The molecule has 6 nitrogen and oxygen atoms in total. The molecule has 7 heteroatoms. The third-order valence-corrected chi connectivity index (χ3v) is 6.15. The van der Waals surface area contributed by atoms with Gasteiger partial charge in [0.05, 0.1) is 5.41 Å². The van der Waals surface area contributed by atoms with Crippen LogP contribution in [0, 0.1) is 6.92 Å². The first-order valence-corrected chi connectivity index (χ1v) is 10.9. The second-order valence-electron chi connectivity index (χ2n) is 8.89. The number of benzene rings is 1. The van der Waals surface area contributed by atoms with Gasteiger partial charge in [0.25, 0.3) is 0 Å². The summed E-state index contributed by atoms with van der Waals surface area (Å²) in [6.07, 6.45) is 5.68. The van der Waals surface area contributed by atoms with Crippen molar-refractivity contribution in [1.82, 2.24) is 15.3 Å². The summed E-state index contributed by atoms with van der Waals surface area (Å²) >= 11 is 5.98. The van der Waals surface area contributed by atoms with E-state index >= 15 is 0 Å². The zero-order valence-corrected chi connectivity index (χ0v) is 19.3. The molecule has 0 atom stereocenters. The molecule has 2 aromatic rings. The van der Waals surface area contributed by atoms with Gasteiger partial charge in [-0.05, 0) is 64.2 Å². The fraction of sp³-hybridized carbons (Fsp3) is 0.522. The van der Waals surface area contributed by atoms with E-state index in [2.05, 4.69) is 20.6 Å². The summed E-state index contributed by atoms with van der Waals surface area (Å²) in [5.41, 5.74) is 1.42. The number of nitrogens with zero attached hydrogens (tertiary/aromatic N) is 3. The molecule has 162 valence electrons. The molecular formula is C23H32ClN5O. The molecule has 30 heavy (non-hydrogen) atoms. The molecule has 0 spiro atoms. The monoisotopic (exact) mass is 429 g/mol. The van der Waals surface area contributed by atoms with Gasteiger partial charge < -0.3 is 15.5 Å². The standard InChI is InChI=1S/C23H32ClN5O/c1-15-14-25-22(28-20(15)29(4)5)27-19-12-10-18(11-13-19)26-21(30)23(2,3)16-6-8-17(24)9-7-16/h6-9,14,18-19H,10-13H2,1-5H3,(H,26,30)(H,25,27,28). The number of rotatable bonds is 6. The maximum atomic E-state index is 12.9. The Morgan fingerprint density at radius 1 is 1.10 bits per heavy atom. The first-order chi connectivity index (χ1) is 14.2. The molecule has 1 fully saturated rings. The van der Waals surface area contributed by atoms with E-state index in [0.717, 1.165) is 42.6 Å². The van der Waals surface area contributed by atoms with Crippen molar-refractivity contribution in [1.29, 1.82) is 0 Å². The van der Waals surface area contributed by atoms with Crippen LogP contribution in [0.5, 0.6) is 0 Å². The van der Waals surface area contributed by atoms with Gasteiger partial charge in [-0.1, -0.05) is 23.7 Å². The summed E-state index contributed by atoms with van der Waals surface area (Å²) in [5.74, 6) is 1.65. The van der Waals surface area contributed by atoms with Crippen molar-refractivity contribution in [3.05, 3.63) is 46.6 Å². The molecule has 0 radical (unpaired) electrons. The van der Waals surface area contributed by atoms with Crippen LogP contribution >= 0.6 is 11.6 Å². The lowest BCUT2D eigenvalue weighted by Gasteiger charge is -2.33. The molecule has 1 aliphatic carbocycles. The summed E-state index contributed by atoms with van der Waals surface area (Å²) in [4.78, 5) is 24.0. The Morgan fingerprint density at radius 3 is 2.30 bits per heavy atom. The predicted octanol–water partition coefficient (Wildman–Crippen LogP) is 4.32. The van der Waals surface area contributed by atoms with Crippen LogP contribution in [0.4, 0.5) is 11.8 Å². The van der Waals surface area contributed by atoms with E-state index in [0.29, 0.717) is 17.0 Å². The molecule has 1 saturated carbocycles. The van der Waals surface area contributed by atoms with E-state index in [9.17, 15) is 4.79 Å². The zero-order chi connectivity index (χ0) is 21.9. The average molecular weight is 430 g/mol. The third-order valence-electron chi connectivity index (χ3n) is 5.90. The van der Waals surface area contributed by atoms with Crippen LogP contribution in [0.1, 0.15) is 50.7 Å². The summed E-state index contributed by atoms with van der Waals surface area (Å²) in [7, 11) is 3.97. The Kier molecular flexibility index (Phi) is 6.86. The Labute approximate surface area is 184 Å². The second-order valence-corrected chi connectivity index (χ2v) is 9.33. The quantitative estimate of drug-likeness (QED) is 0.715. The molecule has 0 bridgehead atoms. The van der Waals surface area contributed by atoms with Crippen molar-refractivity contribution >= 4 is 29.3 Å². The highest BCUT2D eigenvalue weighted by Crippen LogP contribution is 2.27. The lowest BCUT2D eigenvalue weighted by Crippen LogP contribution is -2.47. The molecule has 3 rings (SSSR count). The minimum atomic E-state index is -0.599. The van der Waals surface area contributed by atoms with Crippen LogP contribution in [-0.4, -0.2) is 42.1 Å². The molecular weight excluding hydrogens is 398 g/mol. The molecule has 0 unspecified atom stereocenters. The summed E-state index contributed by atoms with van der Waals surface area (Å²) in [6, 6.07) is 8.02. The molecule has 1 aromatic carbocycles. The Balaban J connectivity index is 1.54. The van der Waals surface area contributed by atoms with Gasteiger partial charge in [0.1, 0.15) is 5.82 Å². The van der Waals surface area contributed by atoms with Gasteiger partial charge in [-0.25, -0.2) is 4.98 Å². The second kappa shape index (κ2) is 9.21. The Hall–Kier alpha value is -2.34.